The van der Waals surface area contributed by atoms with Gasteiger partial charge in [-0.2, -0.15) is 0 Å². The first-order chi connectivity index (χ1) is 11.2. The zero-order valence-electron chi connectivity index (χ0n) is 13.8. The van der Waals surface area contributed by atoms with Gasteiger partial charge in [-0.1, -0.05) is 0 Å². The van der Waals surface area contributed by atoms with Gasteiger partial charge in [0, 0.05) is 24.2 Å². The van der Waals surface area contributed by atoms with Gasteiger partial charge < -0.3 is 20.1 Å². The molecular weight excluding hydrogens is 290 g/mol. The van der Waals surface area contributed by atoms with E-state index in [4.69, 9.17) is 4.74 Å². The van der Waals surface area contributed by atoms with Gasteiger partial charge in [0.05, 0.1) is 18.7 Å². The number of hydrogen-bond donors (Lipinski definition) is 2. The summed E-state index contributed by atoms with van der Waals surface area (Å²) < 4.78 is 5.30. The summed E-state index contributed by atoms with van der Waals surface area (Å²) in [6.45, 7) is 2.70. The van der Waals surface area contributed by atoms with Gasteiger partial charge in [-0.3, -0.25) is 4.98 Å². The first-order valence-corrected chi connectivity index (χ1v) is 8.21. The van der Waals surface area contributed by atoms with Crippen LogP contribution in [0.4, 0.5) is 0 Å². The van der Waals surface area contributed by atoms with Crippen molar-refractivity contribution in [2.24, 2.45) is 0 Å². The number of aliphatic hydroxyl groups excluding tert-OH is 1. The zero-order valence-corrected chi connectivity index (χ0v) is 13.8. The second kappa shape index (κ2) is 7.25. The first-order valence-electron chi connectivity index (χ1n) is 8.21. The molecule has 23 heavy (non-hydrogen) atoms. The fourth-order valence-corrected chi connectivity index (χ4v) is 3.31. The molecule has 0 saturated carbocycles. The minimum absolute atomic E-state index is 0.515. The van der Waals surface area contributed by atoms with E-state index in [-0.39, 0.29) is 0 Å². The lowest BCUT2D eigenvalue weighted by molar-refractivity contribution is 0.0959. The van der Waals surface area contributed by atoms with Crippen LogP contribution in [0.2, 0.25) is 0 Å². The van der Waals surface area contributed by atoms with Crippen LogP contribution in [0.15, 0.2) is 30.5 Å². The summed E-state index contributed by atoms with van der Waals surface area (Å²) in [4.78, 5) is 6.72. The number of benzene rings is 1. The van der Waals surface area contributed by atoms with Crippen LogP contribution in [0, 0.1) is 0 Å². The first kappa shape index (κ1) is 16.2. The number of pyridine rings is 1. The number of ether oxygens (including phenoxy) is 1. The average molecular weight is 315 g/mol. The van der Waals surface area contributed by atoms with E-state index in [1.54, 1.807) is 13.3 Å². The molecule has 5 heteroatoms. The van der Waals surface area contributed by atoms with Gasteiger partial charge in [-0.05, 0) is 62.8 Å². The minimum atomic E-state index is -0.515. The Kier molecular flexibility index (Phi) is 5.10. The monoisotopic (exact) mass is 315 g/mol. The number of nitrogens with one attached hydrogen (secondary N) is 1. The Balaban J connectivity index is 1.77. The van der Waals surface area contributed by atoms with E-state index in [1.807, 2.05) is 31.3 Å². The molecule has 1 aliphatic heterocycles. The van der Waals surface area contributed by atoms with Crippen molar-refractivity contribution in [2.45, 2.75) is 25.0 Å². The summed E-state index contributed by atoms with van der Waals surface area (Å²) in [7, 11) is 3.67. The second-order valence-electron chi connectivity index (χ2n) is 6.16. The fourth-order valence-electron chi connectivity index (χ4n) is 3.31. The molecule has 124 valence electrons. The smallest absolute Gasteiger partial charge is 0.119 e. The van der Waals surface area contributed by atoms with Crippen LogP contribution < -0.4 is 10.1 Å². The maximum atomic E-state index is 10.7. The lowest BCUT2D eigenvalue weighted by Gasteiger charge is -2.33. The molecule has 0 bridgehead atoms. The normalized spacial score (nSPS) is 18.2. The Morgan fingerprint density at radius 2 is 2.13 bits per heavy atom. The number of hydrogen-bond acceptors (Lipinski definition) is 5. The number of β-amino-alcohol motifs (C(OH)–C–C–N with tert-alkyl or cyclic N) is 1. The van der Waals surface area contributed by atoms with Crippen molar-refractivity contribution in [3.8, 4) is 5.75 Å². The predicted octanol–water partition coefficient (Wildman–Crippen LogP) is 1.96. The summed E-state index contributed by atoms with van der Waals surface area (Å²) in [5.74, 6) is 0.786. The van der Waals surface area contributed by atoms with Crippen molar-refractivity contribution in [2.75, 3.05) is 33.8 Å². The van der Waals surface area contributed by atoms with Gasteiger partial charge in [-0.25, -0.2) is 0 Å². The van der Waals surface area contributed by atoms with Crippen molar-refractivity contribution in [1.82, 2.24) is 15.2 Å². The third-order valence-electron chi connectivity index (χ3n) is 4.77. The van der Waals surface area contributed by atoms with Crippen molar-refractivity contribution < 1.29 is 9.84 Å². The highest BCUT2D eigenvalue weighted by atomic mass is 16.5. The molecular formula is C18H25N3O2. The number of aromatic nitrogens is 1. The topological polar surface area (TPSA) is 57.6 Å². The summed E-state index contributed by atoms with van der Waals surface area (Å²) >= 11 is 0. The molecule has 1 atom stereocenters. The number of methoxy groups -OCH3 is 1. The Bertz CT molecular complexity index is 654. The molecule has 0 unspecified atom stereocenters. The van der Waals surface area contributed by atoms with E-state index in [9.17, 15) is 5.11 Å². The third kappa shape index (κ3) is 3.63. The summed E-state index contributed by atoms with van der Waals surface area (Å²) in [6, 6.07) is 8.30. The largest absolute Gasteiger partial charge is 0.497 e. The summed E-state index contributed by atoms with van der Waals surface area (Å²) in [6.07, 6.45) is 3.52. The molecule has 1 saturated heterocycles. The van der Waals surface area contributed by atoms with Crippen molar-refractivity contribution in [1.29, 1.82) is 0 Å². The minimum Gasteiger partial charge on any atom is -0.497 e. The number of nitrogens with zero attached hydrogens (tertiary/aromatic N) is 2. The van der Waals surface area contributed by atoms with Crippen LogP contribution in [0.3, 0.4) is 0 Å². The van der Waals surface area contributed by atoms with E-state index in [1.165, 1.54) is 0 Å². The lowest BCUT2D eigenvalue weighted by atomic mass is 10.0. The van der Waals surface area contributed by atoms with Crippen LogP contribution in [-0.4, -0.2) is 54.8 Å². The maximum Gasteiger partial charge on any atom is 0.119 e. The standard InChI is InChI=1S/C18H25N3O2/c1-19-13-6-9-21(10-7-13)12-18(22)15-5-8-20-17-4-3-14(23-2)11-16(15)17/h3-5,8,11,13,18-19,22H,6-7,9-10,12H2,1-2H3/t18-/m0/s1. The Morgan fingerprint density at radius 1 is 1.35 bits per heavy atom. The van der Waals surface area contributed by atoms with E-state index in [2.05, 4.69) is 15.2 Å². The van der Waals surface area contributed by atoms with Gasteiger partial charge in [0.25, 0.3) is 0 Å². The van der Waals surface area contributed by atoms with Crippen LogP contribution in [-0.2, 0) is 0 Å². The summed E-state index contributed by atoms with van der Waals surface area (Å²) in [5, 5.41) is 15.0. The SMILES string of the molecule is CNC1CCN(C[C@H](O)c2ccnc3ccc(OC)cc23)CC1. The maximum absolute atomic E-state index is 10.7. The number of fused-ring (bicyclic) bond motifs is 1. The van der Waals surface area contributed by atoms with E-state index in [0.717, 1.165) is 48.1 Å². The molecule has 2 heterocycles. The van der Waals surface area contributed by atoms with Gasteiger partial charge in [-0.15, -0.1) is 0 Å². The molecule has 1 aromatic carbocycles. The fraction of sp³-hybridized carbons (Fsp3) is 0.500. The van der Waals surface area contributed by atoms with Crippen LogP contribution in [0.1, 0.15) is 24.5 Å². The summed E-state index contributed by atoms with van der Waals surface area (Å²) in [5.41, 5.74) is 1.81. The third-order valence-corrected chi connectivity index (χ3v) is 4.77. The van der Waals surface area contributed by atoms with Crippen molar-refractivity contribution in [3.05, 3.63) is 36.0 Å². The number of piperidine rings is 1. The highest BCUT2D eigenvalue weighted by molar-refractivity contribution is 5.83. The molecule has 1 aromatic heterocycles. The molecule has 0 spiro atoms. The predicted molar refractivity (Wildman–Crippen MR) is 91.8 cm³/mol. The van der Waals surface area contributed by atoms with Crippen LogP contribution >= 0.6 is 0 Å². The molecule has 5 nitrogen and oxygen atoms in total. The van der Waals surface area contributed by atoms with Crippen molar-refractivity contribution >= 4 is 10.9 Å². The van der Waals surface area contributed by atoms with E-state index < -0.39 is 6.10 Å². The average Bonchev–Trinajstić information content (AvgIpc) is 2.61. The Hall–Kier alpha value is -1.69. The van der Waals surface area contributed by atoms with E-state index in [0.29, 0.717) is 12.6 Å². The lowest BCUT2D eigenvalue weighted by Crippen LogP contribution is -2.42. The van der Waals surface area contributed by atoms with Crippen molar-refractivity contribution in [3.63, 3.8) is 0 Å². The van der Waals surface area contributed by atoms with Crippen LogP contribution in [0.5, 0.6) is 5.75 Å². The molecule has 0 amide bonds. The Labute approximate surface area is 137 Å². The highest BCUT2D eigenvalue weighted by Crippen LogP contribution is 2.27. The quantitative estimate of drug-likeness (QED) is 0.883. The van der Waals surface area contributed by atoms with E-state index >= 15 is 0 Å². The number of aliphatic hydroxyl groups is 1. The van der Waals surface area contributed by atoms with Crippen LogP contribution in [0.25, 0.3) is 10.9 Å². The molecule has 0 aliphatic carbocycles. The second-order valence-corrected chi connectivity index (χ2v) is 6.16. The Morgan fingerprint density at radius 3 is 2.83 bits per heavy atom. The molecule has 2 N–H and O–H groups in total. The highest BCUT2D eigenvalue weighted by Gasteiger charge is 2.21. The molecule has 0 radical (unpaired) electrons. The zero-order chi connectivity index (χ0) is 16.2. The number of likely N-dealkylation sites (tertiary alicyclic amines) is 1. The molecule has 1 aliphatic rings. The molecule has 3 rings (SSSR count). The van der Waals surface area contributed by atoms with Gasteiger partial charge >= 0.3 is 0 Å². The molecule has 1 fully saturated rings. The molecule has 2 aromatic rings. The number of rotatable bonds is 5. The van der Waals surface area contributed by atoms with Gasteiger partial charge in [0.2, 0.25) is 0 Å². The van der Waals surface area contributed by atoms with Gasteiger partial charge in [0.15, 0.2) is 0 Å². The van der Waals surface area contributed by atoms with Gasteiger partial charge in [0.1, 0.15) is 5.75 Å².